The molecule has 0 unspecified atom stereocenters. The number of nitrogens with one attached hydrogen (secondary N) is 1. The molecule has 1 saturated heterocycles. The Kier molecular flexibility index (Phi) is 4.81. The Bertz CT molecular complexity index is 1030. The Hall–Kier alpha value is -1.98. The van der Waals surface area contributed by atoms with Gasteiger partial charge < -0.3 is 4.98 Å². The molecule has 146 valence electrons. The number of nitrogens with zero attached hydrogens (tertiary/aromatic N) is 2. The van der Waals surface area contributed by atoms with E-state index in [1.807, 2.05) is 30.3 Å². The summed E-state index contributed by atoms with van der Waals surface area (Å²) in [5, 5.41) is 2.78. The summed E-state index contributed by atoms with van der Waals surface area (Å²) in [6.07, 6.45) is 6.85. The van der Waals surface area contributed by atoms with Gasteiger partial charge in [-0.2, -0.15) is 0 Å². The fourth-order valence-electron chi connectivity index (χ4n) is 5.15. The van der Waals surface area contributed by atoms with Crippen LogP contribution in [0.15, 0.2) is 40.5 Å². The average Bonchev–Trinajstić information content (AvgIpc) is 3.18. The number of likely N-dealkylation sites (tertiary alicyclic amines) is 1. The van der Waals surface area contributed by atoms with Gasteiger partial charge in [0.2, 0.25) is 0 Å². The minimum absolute atomic E-state index is 0.0143. The van der Waals surface area contributed by atoms with Crippen LogP contribution in [0.5, 0.6) is 0 Å². The highest BCUT2D eigenvalue weighted by Gasteiger charge is 2.33. The molecule has 1 N–H and O–H groups in total. The second-order valence-electron chi connectivity index (χ2n) is 8.41. The maximum absolute atomic E-state index is 13.0. The van der Waals surface area contributed by atoms with Gasteiger partial charge in [-0.15, -0.1) is 11.3 Å². The van der Waals surface area contributed by atoms with Gasteiger partial charge in [0.05, 0.1) is 11.4 Å². The molecule has 2 aromatic heterocycles. The van der Waals surface area contributed by atoms with Crippen LogP contribution in [0.2, 0.25) is 0 Å². The lowest BCUT2D eigenvalue weighted by Crippen LogP contribution is -2.43. The summed E-state index contributed by atoms with van der Waals surface area (Å²) in [6.45, 7) is 4.45. The number of piperidine rings is 1. The third kappa shape index (κ3) is 3.20. The Labute approximate surface area is 169 Å². The first-order chi connectivity index (χ1) is 13.7. The van der Waals surface area contributed by atoms with Gasteiger partial charge in [-0.25, -0.2) is 4.98 Å². The molecule has 5 rings (SSSR count). The van der Waals surface area contributed by atoms with E-state index in [-0.39, 0.29) is 11.6 Å². The van der Waals surface area contributed by atoms with Gasteiger partial charge in [-0.3, -0.25) is 9.69 Å². The summed E-state index contributed by atoms with van der Waals surface area (Å²) in [5.41, 5.74) is 2.04. The number of aromatic amines is 1. The zero-order valence-electron chi connectivity index (χ0n) is 16.4. The van der Waals surface area contributed by atoms with Crippen molar-refractivity contribution in [1.82, 2.24) is 14.9 Å². The monoisotopic (exact) mass is 393 g/mol. The van der Waals surface area contributed by atoms with Gasteiger partial charge >= 0.3 is 0 Å². The fourth-order valence-corrected chi connectivity index (χ4v) is 6.10. The van der Waals surface area contributed by atoms with Crippen LogP contribution in [-0.4, -0.2) is 28.0 Å². The predicted octanol–water partition coefficient (Wildman–Crippen LogP) is 5.22. The van der Waals surface area contributed by atoms with Crippen LogP contribution in [0.4, 0.5) is 0 Å². The molecule has 1 aliphatic carbocycles. The van der Waals surface area contributed by atoms with E-state index < -0.39 is 0 Å². The normalized spacial score (nSPS) is 24.2. The molecule has 2 fully saturated rings. The Morgan fingerprint density at radius 3 is 2.75 bits per heavy atom. The van der Waals surface area contributed by atoms with Gasteiger partial charge in [0.25, 0.3) is 5.56 Å². The smallest absolute Gasteiger partial charge is 0.260 e. The summed E-state index contributed by atoms with van der Waals surface area (Å²) in [7, 11) is 0. The van der Waals surface area contributed by atoms with Gasteiger partial charge in [0.1, 0.15) is 10.7 Å². The van der Waals surface area contributed by atoms with E-state index in [2.05, 4.69) is 22.2 Å². The largest absolute Gasteiger partial charge is 0.309 e. The van der Waals surface area contributed by atoms with Crippen molar-refractivity contribution in [3.05, 3.63) is 51.9 Å². The van der Waals surface area contributed by atoms with Crippen LogP contribution in [0.25, 0.3) is 21.3 Å². The molecular formula is C23H27N3OS. The average molecular weight is 394 g/mol. The van der Waals surface area contributed by atoms with Gasteiger partial charge in [-0.05, 0) is 43.7 Å². The molecule has 5 heteroatoms. The first-order valence-electron chi connectivity index (χ1n) is 10.5. The highest BCUT2D eigenvalue weighted by Crippen LogP contribution is 2.38. The van der Waals surface area contributed by atoms with Gasteiger partial charge in [0, 0.05) is 17.5 Å². The quantitative estimate of drug-likeness (QED) is 0.663. The van der Waals surface area contributed by atoms with E-state index in [0.717, 1.165) is 52.1 Å². The van der Waals surface area contributed by atoms with Crippen LogP contribution in [0, 0.1) is 11.8 Å². The van der Waals surface area contributed by atoms with Crippen LogP contribution < -0.4 is 5.56 Å². The fraction of sp³-hybridized carbons (Fsp3) is 0.478. The number of fused-ring (bicyclic) bond motifs is 2. The van der Waals surface area contributed by atoms with Crippen LogP contribution in [0.1, 0.15) is 50.9 Å². The predicted molar refractivity (Wildman–Crippen MR) is 116 cm³/mol. The molecule has 3 aromatic rings. The Morgan fingerprint density at radius 2 is 1.93 bits per heavy atom. The molecule has 1 aromatic carbocycles. The topological polar surface area (TPSA) is 49.0 Å². The third-order valence-corrected chi connectivity index (χ3v) is 7.69. The van der Waals surface area contributed by atoms with E-state index in [9.17, 15) is 4.79 Å². The molecule has 1 aliphatic heterocycles. The maximum Gasteiger partial charge on any atom is 0.260 e. The van der Waals surface area contributed by atoms with Crippen molar-refractivity contribution in [3.63, 3.8) is 0 Å². The third-order valence-electron chi connectivity index (χ3n) is 6.81. The summed E-state index contributed by atoms with van der Waals surface area (Å²) in [4.78, 5) is 24.3. The minimum atomic E-state index is -0.0143. The standard InChI is InChI=1S/C23H27N3OS/c1-15(26-12-11-16-7-5-6-10-18(16)13-26)21-24-22(27)20-19(14-28-23(20)25-21)17-8-3-2-4-9-17/h2-4,8-9,14-16,18H,5-7,10-13H2,1H3,(H,24,25,27)/t15-,16+,18-/m1/s1. The van der Waals surface area contributed by atoms with Crippen LogP contribution in [-0.2, 0) is 0 Å². The van der Waals surface area contributed by atoms with Gasteiger partial charge in [0.15, 0.2) is 0 Å². The SMILES string of the molecule is C[C@H](c1nc2scc(-c3ccccc3)c2c(=O)[nH]1)N1CC[C@@H]2CCCC[C@@H]2C1. The summed E-state index contributed by atoms with van der Waals surface area (Å²) >= 11 is 1.57. The zero-order valence-corrected chi connectivity index (χ0v) is 17.2. The molecule has 3 atom stereocenters. The first kappa shape index (κ1) is 18.1. The van der Waals surface area contributed by atoms with Crippen molar-refractivity contribution in [1.29, 1.82) is 0 Å². The van der Waals surface area contributed by atoms with Crippen molar-refractivity contribution in [2.75, 3.05) is 13.1 Å². The van der Waals surface area contributed by atoms with Crippen molar-refractivity contribution in [3.8, 4) is 11.1 Å². The minimum Gasteiger partial charge on any atom is -0.309 e. The van der Waals surface area contributed by atoms with E-state index >= 15 is 0 Å². The number of rotatable bonds is 3. The highest BCUT2D eigenvalue weighted by molar-refractivity contribution is 7.17. The van der Waals surface area contributed by atoms with Crippen molar-refractivity contribution in [2.45, 2.75) is 45.1 Å². The second-order valence-corrected chi connectivity index (χ2v) is 9.27. The lowest BCUT2D eigenvalue weighted by atomic mass is 9.75. The van der Waals surface area contributed by atoms with E-state index in [4.69, 9.17) is 4.98 Å². The summed E-state index contributed by atoms with van der Waals surface area (Å²) in [5.74, 6) is 2.55. The molecule has 3 heterocycles. The molecule has 0 radical (unpaired) electrons. The second kappa shape index (κ2) is 7.45. The maximum atomic E-state index is 13.0. The van der Waals surface area contributed by atoms with E-state index in [1.165, 1.54) is 32.1 Å². The summed E-state index contributed by atoms with van der Waals surface area (Å²) < 4.78 is 0. The number of aromatic nitrogens is 2. The Morgan fingerprint density at radius 1 is 1.14 bits per heavy atom. The molecule has 1 saturated carbocycles. The van der Waals surface area contributed by atoms with Gasteiger partial charge in [-0.1, -0.05) is 49.6 Å². The van der Waals surface area contributed by atoms with Crippen LogP contribution >= 0.6 is 11.3 Å². The van der Waals surface area contributed by atoms with Crippen molar-refractivity contribution < 1.29 is 0 Å². The van der Waals surface area contributed by atoms with E-state index in [0.29, 0.717) is 0 Å². The van der Waals surface area contributed by atoms with Crippen molar-refractivity contribution in [2.24, 2.45) is 11.8 Å². The number of H-pyrrole nitrogens is 1. The summed E-state index contributed by atoms with van der Waals surface area (Å²) in [6, 6.07) is 10.3. The number of benzene rings is 1. The molecular weight excluding hydrogens is 366 g/mol. The Balaban J connectivity index is 1.44. The molecule has 0 spiro atoms. The molecule has 2 aliphatic rings. The lowest BCUT2D eigenvalue weighted by molar-refractivity contribution is 0.0591. The lowest BCUT2D eigenvalue weighted by Gasteiger charge is -2.43. The highest BCUT2D eigenvalue weighted by atomic mass is 32.1. The molecule has 0 amide bonds. The molecule has 4 nitrogen and oxygen atoms in total. The molecule has 0 bridgehead atoms. The number of hydrogen-bond donors (Lipinski definition) is 1. The number of thiophene rings is 1. The van der Waals surface area contributed by atoms with E-state index in [1.54, 1.807) is 11.3 Å². The zero-order chi connectivity index (χ0) is 19.1. The van der Waals surface area contributed by atoms with Crippen LogP contribution in [0.3, 0.4) is 0 Å². The molecule has 28 heavy (non-hydrogen) atoms. The number of hydrogen-bond acceptors (Lipinski definition) is 4. The van der Waals surface area contributed by atoms with Crippen molar-refractivity contribution >= 4 is 21.6 Å². The first-order valence-corrected chi connectivity index (χ1v) is 11.4.